The molecule has 0 saturated heterocycles. The normalized spacial score (nSPS) is 26.8. The van der Waals surface area contributed by atoms with Gasteiger partial charge in [0, 0.05) is 12.1 Å². The molecule has 4 nitrogen and oxygen atoms in total. The quantitative estimate of drug-likeness (QED) is 0.638. The van der Waals surface area contributed by atoms with E-state index < -0.39 is 30.1 Å². The van der Waals surface area contributed by atoms with E-state index in [1.165, 1.54) is 0 Å². The summed E-state index contributed by atoms with van der Waals surface area (Å²) in [5.74, 6) is -3.98. The maximum atomic E-state index is 13.6. The summed E-state index contributed by atoms with van der Waals surface area (Å²) in [6, 6.07) is -0.376. The van der Waals surface area contributed by atoms with Crippen LogP contribution in [0.2, 0.25) is 0 Å². The van der Waals surface area contributed by atoms with Crippen LogP contribution < -0.4 is 5.43 Å². The number of halogens is 3. The summed E-state index contributed by atoms with van der Waals surface area (Å²) in [5.41, 5.74) is 2.70. The zero-order valence-electron chi connectivity index (χ0n) is 11.2. The van der Waals surface area contributed by atoms with Gasteiger partial charge in [-0.3, -0.25) is 9.80 Å². The van der Waals surface area contributed by atoms with Gasteiger partial charge in [0.05, 0.1) is 19.1 Å². The molecule has 0 aromatic heterocycles. The lowest BCUT2D eigenvalue weighted by Crippen LogP contribution is -2.48. The molecule has 1 fully saturated rings. The lowest BCUT2D eigenvalue weighted by atomic mass is 10.0. The first kappa shape index (κ1) is 14.9. The first-order chi connectivity index (χ1) is 9.52. The molecule has 112 valence electrons. The Balaban J connectivity index is 2.02. The first-order valence-electron chi connectivity index (χ1n) is 6.64. The number of hydrazine groups is 1. The molecule has 0 spiro atoms. The number of hydrogen-bond donors (Lipinski definition) is 1. The Kier molecular flexibility index (Phi) is 4.69. The highest BCUT2D eigenvalue weighted by molar-refractivity contribution is 5.73. The van der Waals surface area contributed by atoms with Crippen LogP contribution in [0.5, 0.6) is 0 Å². The van der Waals surface area contributed by atoms with Crippen molar-refractivity contribution in [2.24, 2.45) is 5.92 Å². The molecule has 2 aliphatic rings. The van der Waals surface area contributed by atoms with E-state index in [2.05, 4.69) is 5.43 Å². The van der Waals surface area contributed by atoms with Gasteiger partial charge >= 0.3 is 5.97 Å². The largest absolute Gasteiger partial charge is 0.466 e. The zero-order valence-corrected chi connectivity index (χ0v) is 11.2. The van der Waals surface area contributed by atoms with E-state index in [0.717, 1.165) is 11.4 Å². The number of allylic oxidation sites excluding steroid dienone is 2. The van der Waals surface area contributed by atoms with Crippen LogP contribution in [-0.4, -0.2) is 30.2 Å². The van der Waals surface area contributed by atoms with Crippen molar-refractivity contribution in [3.63, 3.8) is 0 Å². The molecule has 2 atom stereocenters. The van der Waals surface area contributed by atoms with Gasteiger partial charge in [0.15, 0.2) is 5.83 Å². The van der Waals surface area contributed by atoms with Gasteiger partial charge in [-0.05, 0) is 19.8 Å². The topological polar surface area (TPSA) is 41.6 Å². The van der Waals surface area contributed by atoms with E-state index in [4.69, 9.17) is 4.74 Å². The van der Waals surface area contributed by atoms with Gasteiger partial charge in [0.2, 0.25) is 5.95 Å². The van der Waals surface area contributed by atoms with E-state index in [9.17, 15) is 18.0 Å². The Hall–Kier alpha value is -1.50. The van der Waals surface area contributed by atoms with Crippen LogP contribution in [0, 0.1) is 5.92 Å². The highest BCUT2D eigenvalue weighted by Crippen LogP contribution is 2.29. The molecule has 2 rings (SSSR count). The van der Waals surface area contributed by atoms with Crippen molar-refractivity contribution in [1.29, 1.82) is 0 Å². The van der Waals surface area contributed by atoms with Crippen LogP contribution in [0.15, 0.2) is 23.7 Å². The molecule has 0 radical (unpaired) electrons. The van der Waals surface area contributed by atoms with Gasteiger partial charge in [-0.15, -0.1) is 0 Å². The van der Waals surface area contributed by atoms with Crippen molar-refractivity contribution in [3.8, 4) is 0 Å². The summed E-state index contributed by atoms with van der Waals surface area (Å²) in [6.07, 6.45) is 2.54. The Bertz CT molecular complexity index is 451. The molecule has 2 unspecified atom stereocenters. The van der Waals surface area contributed by atoms with Gasteiger partial charge in [-0.1, -0.05) is 6.42 Å². The predicted octanol–water partition coefficient (Wildman–Crippen LogP) is 2.50. The van der Waals surface area contributed by atoms with Crippen LogP contribution in [0.4, 0.5) is 13.2 Å². The number of nitrogens with zero attached hydrogens (tertiary/aromatic N) is 1. The third-order valence-corrected chi connectivity index (χ3v) is 3.45. The van der Waals surface area contributed by atoms with Crippen molar-refractivity contribution in [2.75, 3.05) is 13.2 Å². The Morgan fingerprint density at radius 2 is 2.20 bits per heavy atom. The fourth-order valence-corrected chi connectivity index (χ4v) is 2.54. The van der Waals surface area contributed by atoms with Crippen LogP contribution in [0.3, 0.4) is 0 Å². The van der Waals surface area contributed by atoms with Crippen molar-refractivity contribution in [2.45, 2.75) is 32.2 Å². The molecule has 7 heteroatoms. The molecule has 1 aliphatic heterocycles. The summed E-state index contributed by atoms with van der Waals surface area (Å²) in [6.45, 7) is 1.58. The maximum absolute atomic E-state index is 13.6. The molecule has 0 bridgehead atoms. The Labute approximate surface area is 115 Å². The van der Waals surface area contributed by atoms with Crippen LogP contribution in [0.25, 0.3) is 0 Å². The molecule has 1 saturated carbocycles. The highest BCUT2D eigenvalue weighted by atomic mass is 19.2. The summed E-state index contributed by atoms with van der Waals surface area (Å²) < 4.78 is 44.8. The predicted molar refractivity (Wildman–Crippen MR) is 66.0 cm³/mol. The van der Waals surface area contributed by atoms with Crippen molar-refractivity contribution in [3.05, 3.63) is 23.7 Å². The van der Waals surface area contributed by atoms with E-state index in [0.29, 0.717) is 18.9 Å². The average molecular weight is 290 g/mol. The number of nitrogens with one attached hydrogen (secondary N) is 1. The Morgan fingerprint density at radius 3 is 2.90 bits per heavy atom. The number of carbonyl (C=O) groups excluding carboxylic acids is 1. The molecule has 20 heavy (non-hydrogen) atoms. The molecule has 1 heterocycles. The van der Waals surface area contributed by atoms with Crippen molar-refractivity contribution in [1.82, 2.24) is 10.4 Å². The third-order valence-electron chi connectivity index (χ3n) is 3.45. The summed E-state index contributed by atoms with van der Waals surface area (Å²) in [5, 5.41) is 0.771. The number of esters is 1. The molecular formula is C13H17F3N2O2. The number of carbonyl (C=O) groups is 1. The summed E-state index contributed by atoms with van der Waals surface area (Å²) in [4.78, 5) is 11.8. The smallest absolute Gasteiger partial charge is 0.310 e. The van der Waals surface area contributed by atoms with E-state index in [1.807, 2.05) is 0 Å². The van der Waals surface area contributed by atoms with Gasteiger partial charge in [0.1, 0.15) is 5.83 Å². The van der Waals surface area contributed by atoms with Crippen LogP contribution in [0.1, 0.15) is 26.2 Å². The number of hydrogen-bond acceptors (Lipinski definition) is 4. The summed E-state index contributed by atoms with van der Waals surface area (Å²) >= 11 is 0. The second kappa shape index (κ2) is 6.30. The van der Waals surface area contributed by atoms with Gasteiger partial charge in [-0.2, -0.15) is 4.39 Å². The van der Waals surface area contributed by atoms with Crippen molar-refractivity contribution >= 4 is 5.97 Å². The molecular weight excluding hydrogens is 273 g/mol. The molecule has 0 amide bonds. The van der Waals surface area contributed by atoms with Crippen molar-refractivity contribution < 1.29 is 22.7 Å². The first-order valence-corrected chi connectivity index (χ1v) is 6.64. The standard InChI is InChI=1S/C13H17F3N2O2/c1-2-20-13(19)9-4-3-5-11(9)17-18-7-8(14)6-10(15)12(18)16/h6,9,11,17H,2-5,7H2,1H3. The SMILES string of the molecule is CCOC(=O)C1CCCC1NN1CC(F)=CC(F)=C1F. The minimum atomic E-state index is -1.26. The third kappa shape index (κ3) is 3.15. The fourth-order valence-electron chi connectivity index (χ4n) is 2.54. The lowest BCUT2D eigenvalue weighted by molar-refractivity contribution is -0.149. The average Bonchev–Trinajstić information content (AvgIpc) is 2.84. The second-order valence-electron chi connectivity index (χ2n) is 4.84. The molecule has 1 N–H and O–H groups in total. The number of ether oxygens (including phenoxy) is 1. The Morgan fingerprint density at radius 1 is 1.45 bits per heavy atom. The van der Waals surface area contributed by atoms with E-state index >= 15 is 0 Å². The van der Waals surface area contributed by atoms with Crippen LogP contribution in [-0.2, 0) is 9.53 Å². The molecule has 0 aromatic carbocycles. The second-order valence-corrected chi connectivity index (χ2v) is 4.84. The number of rotatable bonds is 4. The minimum Gasteiger partial charge on any atom is -0.466 e. The van der Waals surface area contributed by atoms with E-state index in [1.54, 1.807) is 6.92 Å². The highest BCUT2D eigenvalue weighted by Gasteiger charge is 2.36. The zero-order chi connectivity index (χ0) is 14.7. The fraction of sp³-hybridized carbons (Fsp3) is 0.615. The molecule has 1 aliphatic carbocycles. The summed E-state index contributed by atoms with van der Waals surface area (Å²) in [7, 11) is 0. The van der Waals surface area contributed by atoms with Gasteiger partial charge < -0.3 is 4.74 Å². The monoisotopic (exact) mass is 290 g/mol. The van der Waals surface area contributed by atoms with Gasteiger partial charge in [-0.25, -0.2) is 14.2 Å². The van der Waals surface area contributed by atoms with Crippen LogP contribution >= 0.6 is 0 Å². The van der Waals surface area contributed by atoms with E-state index in [-0.39, 0.29) is 18.6 Å². The maximum Gasteiger partial charge on any atom is 0.310 e. The van der Waals surface area contributed by atoms with Gasteiger partial charge in [0.25, 0.3) is 0 Å². The lowest BCUT2D eigenvalue weighted by Gasteiger charge is -2.30. The molecule has 0 aromatic rings. The minimum absolute atomic E-state index is 0.270.